The molecule has 10 nitrogen and oxygen atoms in total. The Morgan fingerprint density at radius 1 is 1.16 bits per heavy atom. The predicted molar refractivity (Wildman–Crippen MR) is 117 cm³/mol. The number of aromatic hydroxyl groups is 1. The molecule has 154 valence electrons. The maximum absolute atomic E-state index is 12.3. The predicted octanol–water partition coefficient (Wildman–Crippen LogP) is 4.85. The van der Waals surface area contributed by atoms with Crippen LogP contribution in [-0.4, -0.2) is 26.8 Å². The monoisotopic (exact) mass is 452 g/mol. The molecule has 12 heteroatoms. The van der Waals surface area contributed by atoms with Gasteiger partial charge in [0.25, 0.3) is 11.6 Å². The van der Waals surface area contributed by atoms with Crippen LogP contribution in [0.4, 0.5) is 10.8 Å². The van der Waals surface area contributed by atoms with Gasteiger partial charge in [-0.25, -0.2) is 10.4 Å². The van der Waals surface area contributed by atoms with Crippen LogP contribution < -0.4 is 5.43 Å². The first-order chi connectivity index (χ1) is 15.0. The molecule has 0 radical (unpaired) electrons. The number of aromatic nitrogens is 1. The number of benzene rings is 2. The van der Waals surface area contributed by atoms with E-state index in [-0.39, 0.29) is 22.8 Å². The van der Waals surface area contributed by atoms with Crippen molar-refractivity contribution in [2.75, 3.05) is 0 Å². The molecule has 0 atom stereocenters. The molecule has 31 heavy (non-hydrogen) atoms. The zero-order valence-electron chi connectivity index (χ0n) is 15.5. The van der Waals surface area contributed by atoms with E-state index in [2.05, 4.69) is 25.7 Å². The first-order valence-electron chi connectivity index (χ1n) is 8.67. The number of hydrazone groups is 1. The summed E-state index contributed by atoms with van der Waals surface area (Å²) in [5.74, 6) is -0.239. The second kappa shape index (κ2) is 8.77. The van der Waals surface area contributed by atoms with Crippen molar-refractivity contribution in [1.82, 2.24) is 10.4 Å². The summed E-state index contributed by atoms with van der Waals surface area (Å²) in [6.45, 7) is 0. The van der Waals surface area contributed by atoms with Crippen LogP contribution in [0.5, 0.6) is 5.75 Å². The van der Waals surface area contributed by atoms with Crippen LogP contribution in [0.3, 0.4) is 0 Å². The Morgan fingerprint density at radius 2 is 1.97 bits per heavy atom. The number of phenolic OH excluding ortho intramolecular Hbond substituents is 1. The lowest BCUT2D eigenvalue weighted by atomic mass is 10.2. The number of nitro benzene ring substituents is 1. The highest BCUT2D eigenvalue weighted by Gasteiger charge is 2.11. The highest BCUT2D eigenvalue weighted by atomic mass is 32.1. The molecule has 1 amide bonds. The average Bonchev–Trinajstić information content (AvgIpc) is 3.43. The molecular weight excluding hydrogens is 440 g/mol. The van der Waals surface area contributed by atoms with E-state index in [4.69, 9.17) is 0 Å². The first-order valence-corrected chi connectivity index (χ1v) is 10.4. The number of carbonyl (C=O) groups excluding carboxylic acids is 1. The van der Waals surface area contributed by atoms with Crippen molar-refractivity contribution in [2.24, 2.45) is 15.3 Å². The summed E-state index contributed by atoms with van der Waals surface area (Å²) in [7, 11) is 0. The summed E-state index contributed by atoms with van der Waals surface area (Å²) in [6, 6.07) is 13.5. The van der Waals surface area contributed by atoms with Gasteiger partial charge in [-0.2, -0.15) is 0 Å². The van der Waals surface area contributed by atoms with Crippen LogP contribution in [0.2, 0.25) is 0 Å². The normalized spacial score (nSPS) is 11.8. The van der Waals surface area contributed by atoms with Gasteiger partial charge in [0, 0.05) is 17.7 Å². The quantitative estimate of drug-likeness (QED) is 0.146. The molecule has 0 aliphatic rings. The Kier molecular flexibility index (Phi) is 5.73. The maximum Gasteiger partial charge on any atom is 0.271 e. The number of nitro groups is 1. The van der Waals surface area contributed by atoms with E-state index in [0.29, 0.717) is 15.5 Å². The van der Waals surface area contributed by atoms with E-state index in [1.54, 1.807) is 18.2 Å². The third kappa shape index (κ3) is 4.76. The minimum atomic E-state index is -0.547. The van der Waals surface area contributed by atoms with Gasteiger partial charge in [0.1, 0.15) is 5.75 Å². The molecule has 0 aliphatic heterocycles. The van der Waals surface area contributed by atoms with Crippen molar-refractivity contribution >= 4 is 55.5 Å². The highest BCUT2D eigenvalue weighted by Crippen LogP contribution is 2.30. The minimum Gasteiger partial charge on any atom is -0.508 e. The molecule has 4 rings (SSSR count). The number of amides is 1. The number of hydrogen-bond acceptors (Lipinski definition) is 9. The molecule has 0 unspecified atom stereocenters. The smallest absolute Gasteiger partial charge is 0.271 e. The molecule has 0 fully saturated rings. The number of non-ortho nitro benzene ring substituents is 1. The fourth-order valence-electron chi connectivity index (χ4n) is 2.47. The van der Waals surface area contributed by atoms with Gasteiger partial charge >= 0.3 is 0 Å². The minimum absolute atomic E-state index is 0.114. The molecule has 2 aromatic carbocycles. The van der Waals surface area contributed by atoms with Crippen molar-refractivity contribution in [2.45, 2.75) is 0 Å². The maximum atomic E-state index is 12.3. The van der Waals surface area contributed by atoms with Gasteiger partial charge in [-0.1, -0.05) is 17.4 Å². The van der Waals surface area contributed by atoms with Crippen LogP contribution in [0.25, 0.3) is 10.2 Å². The number of hydrogen-bond donors (Lipinski definition) is 2. The summed E-state index contributed by atoms with van der Waals surface area (Å²) >= 11 is 2.61. The van der Waals surface area contributed by atoms with Crippen molar-refractivity contribution < 1.29 is 14.8 Å². The lowest BCUT2D eigenvalue weighted by molar-refractivity contribution is -0.384. The lowest BCUT2D eigenvalue weighted by Crippen LogP contribution is -2.19. The molecule has 2 heterocycles. The summed E-state index contributed by atoms with van der Waals surface area (Å²) in [5, 5.41) is 34.8. The molecule has 0 saturated heterocycles. The molecular formula is C19H12N6O4S2. The Bertz CT molecular complexity index is 1310. The van der Waals surface area contributed by atoms with Gasteiger partial charge in [-0.15, -0.1) is 26.7 Å². The molecule has 0 aliphatic carbocycles. The van der Waals surface area contributed by atoms with Gasteiger partial charge < -0.3 is 5.11 Å². The number of thiophene rings is 1. The van der Waals surface area contributed by atoms with E-state index in [1.807, 2.05) is 11.4 Å². The molecule has 0 spiro atoms. The van der Waals surface area contributed by atoms with Crippen molar-refractivity contribution in [3.05, 3.63) is 80.5 Å². The van der Waals surface area contributed by atoms with Crippen LogP contribution in [0.15, 0.2) is 75.3 Å². The van der Waals surface area contributed by atoms with E-state index < -0.39 is 10.8 Å². The topological polar surface area (TPSA) is 142 Å². The molecule has 4 aromatic rings. The number of azo groups is 1. The Balaban J connectivity index is 1.56. The third-order valence-electron chi connectivity index (χ3n) is 3.94. The Labute approximate surface area is 182 Å². The lowest BCUT2D eigenvalue weighted by Gasteiger charge is -2.01. The van der Waals surface area contributed by atoms with Crippen molar-refractivity contribution in [3.63, 3.8) is 0 Å². The zero-order valence-corrected chi connectivity index (χ0v) is 17.1. The van der Waals surface area contributed by atoms with E-state index >= 15 is 0 Å². The zero-order chi connectivity index (χ0) is 21.8. The van der Waals surface area contributed by atoms with Gasteiger partial charge in [0.15, 0.2) is 0 Å². The summed E-state index contributed by atoms with van der Waals surface area (Å²) in [5.41, 5.74) is 3.16. The summed E-state index contributed by atoms with van der Waals surface area (Å²) in [4.78, 5) is 27.5. The van der Waals surface area contributed by atoms with Crippen molar-refractivity contribution in [3.8, 4) is 5.75 Å². The van der Waals surface area contributed by atoms with Gasteiger partial charge in [-0.3, -0.25) is 14.9 Å². The van der Waals surface area contributed by atoms with Crippen molar-refractivity contribution in [1.29, 1.82) is 0 Å². The number of rotatable bonds is 5. The number of thiazole rings is 1. The molecule has 2 N–H and O–H groups in total. The van der Waals surface area contributed by atoms with E-state index in [1.165, 1.54) is 53.0 Å². The number of fused-ring (bicyclic) bond motifs is 1. The molecule has 0 saturated carbocycles. The van der Waals surface area contributed by atoms with E-state index in [9.17, 15) is 20.0 Å². The van der Waals surface area contributed by atoms with Gasteiger partial charge in [-0.05, 0) is 41.8 Å². The Morgan fingerprint density at radius 3 is 2.68 bits per heavy atom. The largest absolute Gasteiger partial charge is 0.508 e. The van der Waals surface area contributed by atoms with Crippen LogP contribution in [-0.2, 0) is 0 Å². The molecule has 2 aromatic heterocycles. The summed E-state index contributed by atoms with van der Waals surface area (Å²) in [6.07, 6.45) is 0. The SMILES string of the molecule is O=C(N/N=C(\N=Nc1nc2ccc(O)cc2s1)c1cccs1)c1ccc([N+](=O)[O-])cc1. The number of nitrogens with zero attached hydrogens (tertiary/aromatic N) is 5. The highest BCUT2D eigenvalue weighted by molar-refractivity contribution is 7.21. The number of carbonyl (C=O) groups is 1. The second-order valence-electron chi connectivity index (χ2n) is 6.01. The average molecular weight is 452 g/mol. The van der Waals surface area contributed by atoms with Crippen LogP contribution in [0, 0.1) is 10.1 Å². The fourth-order valence-corrected chi connectivity index (χ4v) is 3.94. The van der Waals surface area contributed by atoms with E-state index in [0.717, 1.165) is 4.70 Å². The third-order valence-corrected chi connectivity index (χ3v) is 5.70. The van der Waals surface area contributed by atoms with Gasteiger partial charge in [0.2, 0.25) is 11.0 Å². The van der Waals surface area contributed by atoms with Crippen LogP contribution in [0.1, 0.15) is 15.2 Å². The standard InChI is InChI=1S/C19H12N6O4S2/c26-13-7-8-14-16(10-13)31-19(20-14)24-22-17(15-2-1-9-30-15)21-23-18(27)11-3-5-12(6-4-11)25(28)29/h1-10,26H,(H,23,27)/b21-17-,24-22?. The number of phenols is 1. The van der Waals surface area contributed by atoms with Crippen LogP contribution >= 0.6 is 22.7 Å². The second-order valence-corrected chi connectivity index (χ2v) is 7.96. The number of nitrogens with one attached hydrogen (secondary N) is 1. The number of amidine groups is 1. The Hall–Kier alpha value is -4.03. The van der Waals surface area contributed by atoms with Gasteiger partial charge in [0.05, 0.1) is 20.0 Å². The fraction of sp³-hybridized carbons (Fsp3) is 0. The molecule has 0 bridgehead atoms. The summed E-state index contributed by atoms with van der Waals surface area (Å²) < 4.78 is 0.759. The first kappa shape index (κ1) is 20.3.